The first-order chi connectivity index (χ1) is 10.9. The highest BCUT2D eigenvalue weighted by atomic mass is 35.5. The number of carbonyl (C=O) groups excluding carboxylic acids is 1. The fraction of sp³-hybridized carbons (Fsp3) is 0.611. The largest absolute Gasteiger partial charge is 0.348 e. The molecule has 1 fully saturated rings. The Bertz CT molecular complexity index is 520. The van der Waals surface area contributed by atoms with Crippen molar-refractivity contribution < 1.29 is 4.79 Å². The van der Waals surface area contributed by atoms with E-state index in [1.165, 1.54) is 0 Å². The Hall–Kier alpha value is -0.710. The molecule has 3 nitrogen and oxygen atoms in total. The summed E-state index contributed by atoms with van der Waals surface area (Å²) in [7, 11) is 0. The van der Waals surface area contributed by atoms with Crippen molar-refractivity contribution in [1.29, 1.82) is 0 Å². The van der Waals surface area contributed by atoms with Crippen molar-refractivity contribution in [3.63, 3.8) is 0 Å². The van der Waals surface area contributed by atoms with Crippen LogP contribution in [0.25, 0.3) is 0 Å². The molecule has 0 aliphatic carbocycles. The molecule has 2 rings (SSSR count). The first-order valence-electron chi connectivity index (χ1n) is 8.30. The summed E-state index contributed by atoms with van der Waals surface area (Å²) in [5, 5.41) is 4.46. The average Bonchev–Trinajstić information content (AvgIpc) is 2.54. The van der Waals surface area contributed by atoms with Crippen LogP contribution < -0.4 is 5.32 Å². The summed E-state index contributed by atoms with van der Waals surface area (Å²) in [6, 6.07) is 7.54. The van der Waals surface area contributed by atoms with Crippen molar-refractivity contribution in [1.82, 2.24) is 10.2 Å². The van der Waals surface area contributed by atoms with Gasteiger partial charge in [-0.15, -0.1) is 0 Å². The van der Waals surface area contributed by atoms with Gasteiger partial charge in [0.25, 0.3) is 0 Å². The molecule has 1 amide bonds. The second-order valence-electron chi connectivity index (χ2n) is 6.61. The number of thioether (sulfide) groups is 1. The van der Waals surface area contributed by atoms with Crippen LogP contribution in [0.2, 0.25) is 5.02 Å². The molecule has 1 saturated heterocycles. The predicted octanol–water partition coefficient (Wildman–Crippen LogP) is 3.98. The molecule has 0 radical (unpaired) electrons. The molecular weight excluding hydrogens is 328 g/mol. The maximum absolute atomic E-state index is 12.6. The van der Waals surface area contributed by atoms with Crippen LogP contribution in [0.3, 0.4) is 0 Å². The van der Waals surface area contributed by atoms with Crippen LogP contribution in [0.15, 0.2) is 24.3 Å². The molecule has 0 unspecified atom stereocenters. The zero-order chi connectivity index (χ0) is 17.0. The maximum Gasteiger partial charge on any atom is 0.237 e. The third-order valence-electron chi connectivity index (χ3n) is 4.52. The zero-order valence-corrected chi connectivity index (χ0v) is 16.0. The molecule has 23 heavy (non-hydrogen) atoms. The summed E-state index contributed by atoms with van der Waals surface area (Å²) in [4.78, 5) is 14.9. The second-order valence-corrected chi connectivity index (χ2v) is 8.39. The minimum Gasteiger partial charge on any atom is -0.348 e. The molecule has 1 aliphatic rings. The van der Waals surface area contributed by atoms with Gasteiger partial charge in [-0.05, 0) is 37.5 Å². The normalized spacial score (nSPS) is 21.9. The molecule has 1 aromatic carbocycles. The van der Waals surface area contributed by atoms with E-state index in [1.54, 1.807) is 0 Å². The number of hydrogen-bond donors (Lipinski definition) is 1. The van der Waals surface area contributed by atoms with Gasteiger partial charge in [-0.1, -0.05) is 37.6 Å². The lowest BCUT2D eigenvalue weighted by Crippen LogP contribution is -2.51. The molecule has 0 aromatic heterocycles. The van der Waals surface area contributed by atoms with Gasteiger partial charge < -0.3 is 5.32 Å². The van der Waals surface area contributed by atoms with E-state index < -0.39 is 0 Å². The van der Waals surface area contributed by atoms with Crippen LogP contribution in [0.1, 0.15) is 39.3 Å². The maximum atomic E-state index is 12.6. The number of halogens is 1. The Balaban J connectivity index is 1.92. The van der Waals surface area contributed by atoms with Crippen LogP contribution in [-0.4, -0.2) is 40.9 Å². The van der Waals surface area contributed by atoms with E-state index in [0.29, 0.717) is 16.2 Å². The van der Waals surface area contributed by atoms with E-state index in [1.807, 2.05) is 49.9 Å². The van der Waals surface area contributed by atoms with Gasteiger partial charge in [0.1, 0.15) is 0 Å². The fourth-order valence-corrected chi connectivity index (χ4v) is 4.24. The molecule has 5 heteroatoms. The number of nitrogens with zero attached hydrogens (tertiary/aromatic N) is 1. The molecular formula is C18H27ClN2OS. The van der Waals surface area contributed by atoms with Gasteiger partial charge in [-0.25, -0.2) is 0 Å². The molecule has 128 valence electrons. The zero-order valence-electron chi connectivity index (χ0n) is 14.4. The molecule has 1 heterocycles. The minimum atomic E-state index is -0.0908. The smallest absolute Gasteiger partial charge is 0.237 e. The lowest BCUT2D eigenvalue weighted by Gasteiger charge is -2.37. The van der Waals surface area contributed by atoms with Crippen LogP contribution in [0.5, 0.6) is 0 Å². The van der Waals surface area contributed by atoms with Crippen molar-refractivity contribution >= 4 is 29.3 Å². The Morgan fingerprint density at radius 1 is 1.26 bits per heavy atom. The number of amides is 1. The molecule has 1 aliphatic heterocycles. The standard InChI is InChI=1S/C18H27ClN2OS/c1-12(2)17-11-21(9-10-23-17)14(4)18(22)20-13(3)15-5-7-16(19)8-6-15/h5-8,12-14,17H,9-11H2,1-4H3,(H,20,22)/t13-,14-,17+/m0/s1. The van der Waals surface area contributed by atoms with Crippen molar-refractivity contribution in [3.05, 3.63) is 34.9 Å². The number of benzene rings is 1. The Kier molecular flexibility index (Phi) is 6.81. The van der Waals surface area contributed by atoms with Gasteiger partial charge in [0, 0.05) is 29.1 Å². The van der Waals surface area contributed by atoms with Gasteiger partial charge in [0.15, 0.2) is 0 Å². The van der Waals surface area contributed by atoms with E-state index in [0.717, 1.165) is 24.4 Å². The third kappa shape index (κ3) is 5.13. The lowest BCUT2D eigenvalue weighted by atomic mass is 10.1. The van der Waals surface area contributed by atoms with Gasteiger partial charge in [0.2, 0.25) is 5.91 Å². The topological polar surface area (TPSA) is 32.3 Å². The number of hydrogen-bond acceptors (Lipinski definition) is 3. The highest BCUT2D eigenvalue weighted by Crippen LogP contribution is 2.26. The molecule has 0 saturated carbocycles. The first-order valence-corrected chi connectivity index (χ1v) is 9.72. The van der Waals surface area contributed by atoms with Crippen molar-refractivity contribution in [2.24, 2.45) is 5.92 Å². The number of rotatable bonds is 5. The summed E-state index contributed by atoms with van der Waals surface area (Å²) in [5.74, 6) is 1.85. The summed E-state index contributed by atoms with van der Waals surface area (Å²) in [6.07, 6.45) is 0. The summed E-state index contributed by atoms with van der Waals surface area (Å²) in [5.41, 5.74) is 1.07. The SMILES string of the molecule is CC(C)[C@H]1CN([C@@H](C)C(=O)N[C@@H](C)c2ccc(Cl)cc2)CCS1. The Morgan fingerprint density at radius 2 is 1.91 bits per heavy atom. The van der Waals surface area contributed by atoms with Crippen LogP contribution >= 0.6 is 23.4 Å². The highest BCUT2D eigenvalue weighted by molar-refractivity contribution is 8.00. The first kappa shape index (κ1) is 18.6. The van der Waals surface area contributed by atoms with Crippen LogP contribution in [0, 0.1) is 5.92 Å². The molecule has 0 bridgehead atoms. The molecule has 1 N–H and O–H groups in total. The Labute approximate surface area is 149 Å². The average molecular weight is 355 g/mol. The molecule has 3 atom stereocenters. The molecule has 1 aromatic rings. The second kappa shape index (κ2) is 8.41. The Morgan fingerprint density at radius 3 is 2.52 bits per heavy atom. The number of nitrogens with one attached hydrogen (secondary N) is 1. The minimum absolute atomic E-state index is 0.0118. The quantitative estimate of drug-likeness (QED) is 0.868. The van der Waals surface area contributed by atoms with E-state index in [-0.39, 0.29) is 18.0 Å². The van der Waals surface area contributed by atoms with Gasteiger partial charge >= 0.3 is 0 Å². The summed E-state index contributed by atoms with van der Waals surface area (Å²) < 4.78 is 0. The summed E-state index contributed by atoms with van der Waals surface area (Å²) >= 11 is 7.95. The van der Waals surface area contributed by atoms with E-state index in [2.05, 4.69) is 24.1 Å². The van der Waals surface area contributed by atoms with E-state index in [9.17, 15) is 4.79 Å². The predicted molar refractivity (Wildman–Crippen MR) is 100 cm³/mol. The van der Waals surface area contributed by atoms with Gasteiger partial charge in [-0.3, -0.25) is 9.69 Å². The van der Waals surface area contributed by atoms with Gasteiger partial charge in [-0.2, -0.15) is 11.8 Å². The van der Waals surface area contributed by atoms with Gasteiger partial charge in [0.05, 0.1) is 12.1 Å². The summed E-state index contributed by atoms with van der Waals surface area (Å²) in [6.45, 7) is 10.5. The lowest BCUT2D eigenvalue weighted by molar-refractivity contribution is -0.126. The van der Waals surface area contributed by atoms with Crippen LogP contribution in [0.4, 0.5) is 0 Å². The fourth-order valence-electron chi connectivity index (χ4n) is 2.79. The van der Waals surface area contributed by atoms with Crippen molar-refractivity contribution in [3.8, 4) is 0 Å². The highest BCUT2D eigenvalue weighted by Gasteiger charge is 2.29. The van der Waals surface area contributed by atoms with Crippen molar-refractivity contribution in [2.75, 3.05) is 18.8 Å². The third-order valence-corrected chi connectivity index (χ3v) is 6.32. The van der Waals surface area contributed by atoms with E-state index in [4.69, 9.17) is 11.6 Å². The monoisotopic (exact) mass is 354 g/mol. The number of carbonyl (C=O) groups is 1. The van der Waals surface area contributed by atoms with Crippen LogP contribution in [-0.2, 0) is 4.79 Å². The molecule has 0 spiro atoms. The van der Waals surface area contributed by atoms with Crippen molar-refractivity contribution in [2.45, 2.75) is 45.0 Å². The van der Waals surface area contributed by atoms with E-state index >= 15 is 0 Å².